The Hall–Kier alpha value is -3.02. The molecule has 0 saturated heterocycles. The van der Waals surface area contributed by atoms with E-state index in [-0.39, 0.29) is 0 Å². The Balaban J connectivity index is 1.60. The zero-order valence-corrected chi connectivity index (χ0v) is 12.6. The minimum absolute atomic E-state index is 0.450. The van der Waals surface area contributed by atoms with Crippen molar-refractivity contribution in [2.45, 2.75) is 19.4 Å². The molecule has 0 saturated carbocycles. The molecular weight excluding hydrogens is 290 g/mol. The maximum atomic E-state index is 11.1. The van der Waals surface area contributed by atoms with Crippen molar-refractivity contribution < 1.29 is 4.79 Å². The molecule has 0 radical (unpaired) electrons. The molecule has 1 heterocycles. The number of primary amides is 1. The van der Waals surface area contributed by atoms with Crippen LogP contribution in [0.3, 0.4) is 0 Å². The summed E-state index contributed by atoms with van der Waals surface area (Å²) in [5.41, 5.74) is 7.80. The molecule has 0 spiro atoms. The summed E-state index contributed by atoms with van der Waals surface area (Å²) in [6, 6.07) is 17.2. The minimum Gasteiger partial charge on any atom is -0.366 e. The third-order valence-corrected chi connectivity index (χ3v) is 3.55. The molecule has 1 amide bonds. The summed E-state index contributed by atoms with van der Waals surface area (Å²) in [4.78, 5) is 12.7. The highest BCUT2D eigenvalue weighted by Crippen LogP contribution is 2.14. The molecule has 6 heteroatoms. The van der Waals surface area contributed by atoms with Crippen LogP contribution in [0, 0.1) is 0 Å². The van der Waals surface area contributed by atoms with Crippen LogP contribution in [0.25, 0.3) is 11.4 Å². The predicted molar refractivity (Wildman–Crippen MR) is 86.5 cm³/mol. The summed E-state index contributed by atoms with van der Waals surface area (Å²) in [6.45, 7) is 0.710. The van der Waals surface area contributed by atoms with Crippen molar-refractivity contribution in [1.29, 1.82) is 0 Å². The van der Waals surface area contributed by atoms with Gasteiger partial charge < -0.3 is 5.73 Å². The lowest BCUT2D eigenvalue weighted by molar-refractivity contribution is 0.100. The smallest absolute Gasteiger partial charge is 0.248 e. The molecule has 0 fully saturated rings. The molecule has 2 N–H and O–H groups in total. The van der Waals surface area contributed by atoms with Crippen LogP contribution in [-0.2, 0) is 13.0 Å². The number of benzene rings is 2. The molecule has 1 aromatic heterocycles. The number of nitrogens with zero attached hydrogens (tertiary/aromatic N) is 4. The summed E-state index contributed by atoms with van der Waals surface area (Å²) < 4.78 is 0. The molecule has 0 aliphatic heterocycles. The highest BCUT2D eigenvalue weighted by Gasteiger charge is 2.07. The van der Waals surface area contributed by atoms with Gasteiger partial charge in [-0.15, -0.1) is 10.2 Å². The summed E-state index contributed by atoms with van der Waals surface area (Å²) >= 11 is 0. The van der Waals surface area contributed by atoms with Gasteiger partial charge in [0, 0.05) is 11.1 Å². The molecule has 0 aliphatic carbocycles. The van der Waals surface area contributed by atoms with Crippen LogP contribution < -0.4 is 5.73 Å². The highest BCUT2D eigenvalue weighted by atomic mass is 16.1. The van der Waals surface area contributed by atoms with Crippen molar-refractivity contribution in [3.05, 3.63) is 65.7 Å². The van der Waals surface area contributed by atoms with E-state index in [0.717, 1.165) is 18.4 Å². The first kappa shape index (κ1) is 14.9. The highest BCUT2D eigenvalue weighted by molar-refractivity contribution is 5.93. The number of nitrogens with two attached hydrogens (primary N) is 1. The monoisotopic (exact) mass is 307 g/mol. The number of carbonyl (C=O) groups is 1. The second kappa shape index (κ2) is 6.83. The minimum atomic E-state index is -0.450. The van der Waals surface area contributed by atoms with E-state index in [1.165, 1.54) is 5.56 Å². The van der Waals surface area contributed by atoms with E-state index in [0.29, 0.717) is 17.9 Å². The standard InChI is InChI=1S/C17H17N5O/c18-16(23)14-8-10-15(11-9-14)17-19-21-22(20-17)12-4-7-13-5-2-1-3-6-13/h1-3,5-6,8-11H,4,7,12H2,(H2,18,23). The van der Waals surface area contributed by atoms with Gasteiger partial charge in [0.2, 0.25) is 11.7 Å². The molecule has 0 aliphatic rings. The van der Waals surface area contributed by atoms with Crippen LogP contribution in [0.4, 0.5) is 0 Å². The zero-order valence-electron chi connectivity index (χ0n) is 12.6. The average Bonchev–Trinajstić information content (AvgIpc) is 3.05. The summed E-state index contributed by atoms with van der Waals surface area (Å²) in [7, 11) is 0. The van der Waals surface area contributed by atoms with Crippen molar-refractivity contribution in [2.24, 2.45) is 5.73 Å². The van der Waals surface area contributed by atoms with Gasteiger partial charge in [-0.25, -0.2) is 0 Å². The van der Waals surface area contributed by atoms with Crippen molar-refractivity contribution in [1.82, 2.24) is 20.2 Å². The van der Waals surface area contributed by atoms with E-state index < -0.39 is 5.91 Å². The topological polar surface area (TPSA) is 86.7 Å². The number of tetrazole rings is 1. The van der Waals surface area contributed by atoms with Gasteiger partial charge in [-0.3, -0.25) is 4.79 Å². The van der Waals surface area contributed by atoms with Gasteiger partial charge in [0.1, 0.15) is 0 Å². The third-order valence-electron chi connectivity index (χ3n) is 3.55. The maximum Gasteiger partial charge on any atom is 0.248 e. The fourth-order valence-electron chi connectivity index (χ4n) is 2.31. The van der Waals surface area contributed by atoms with Gasteiger partial charge in [-0.05, 0) is 35.8 Å². The van der Waals surface area contributed by atoms with Gasteiger partial charge in [0.15, 0.2) is 0 Å². The van der Waals surface area contributed by atoms with Gasteiger partial charge in [0.05, 0.1) is 6.54 Å². The lowest BCUT2D eigenvalue weighted by atomic mass is 10.1. The number of hydrogen-bond acceptors (Lipinski definition) is 4. The molecule has 6 nitrogen and oxygen atoms in total. The second-order valence-corrected chi connectivity index (χ2v) is 5.24. The first-order valence-electron chi connectivity index (χ1n) is 7.44. The Bertz CT molecular complexity index is 780. The summed E-state index contributed by atoms with van der Waals surface area (Å²) in [6.07, 6.45) is 1.92. The molecule has 23 heavy (non-hydrogen) atoms. The molecule has 0 unspecified atom stereocenters. The Morgan fingerprint density at radius 3 is 2.48 bits per heavy atom. The number of aromatic nitrogens is 4. The van der Waals surface area contributed by atoms with E-state index in [9.17, 15) is 4.79 Å². The van der Waals surface area contributed by atoms with Crippen LogP contribution in [0.5, 0.6) is 0 Å². The zero-order chi connectivity index (χ0) is 16.1. The van der Waals surface area contributed by atoms with Gasteiger partial charge >= 0.3 is 0 Å². The Labute approximate surface area is 133 Å². The molecule has 2 aromatic carbocycles. The van der Waals surface area contributed by atoms with Crippen molar-refractivity contribution in [3.63, 3.8) is 0 Å². The van der Waals surface area contributed by atoms with Gasteiger partial charge in [0.25, 0.3) is 0 Å². The van der Waals surface area contributed by atoms with Gasteiger partial charge in [-0.1, -0.05) is 42.5 Å². The Morgan fingerprint density at radius 2 is 1.78 bits per heavy atom. The van der Waals surface area contributed by atoms with E-state index >= 15 is 0 Å². The molecule has 3 rings (SSSR count). The van der Waals surface area contributed by atoms with E-state index in [4.69, 9.17) is 5.73 Å². The number of hydrogen-bond donors (Lipinski definition) is 1. The van der Waals surface area contributed by atoms with E-state index in [1.807, 2.05) is 18.2 Å². The lowest BCUT2D eigenvalue weighted by Gasteiger charge is -2.00. The van der Waals surface area contributed by atoms with Crippen LogP contribution >= 0.6 is 0 Å². The van der Waals surface area contributed by atoms with Crippen LogP contribution in [0.1, 0.15) is 22.3 Å². The Morgan fingerprint density at radius 1 is 1.04 bits per heavy atom. The largest absolute Gasteiger partial charge is 0.366 e. The predicted octanol–water partition coefficient (Wildman–Crippen LogP) is 2.07. The molecule has 3 aromatic rings. The SMILES string of the molecule is NC(=O)c1ccc(-c2nnn(CCCc3ccccc3)n2)cc1. The van der Waals surface area contributed by atoms with Crippen molar-refractivity contribution >= 4 is 5.91 Å². The number of amides is 1. The quantitative estimate of drug-likeness (QED) is 0.755. The average molecular weight is 307 g/mol. The lowest BCUT2D eigenvalue weighted by Crippen LogP contribution is -2.10. The van der Waals surface area contributed by atoms with Crippen molar-refractivity contribution in [2.75, 3.05) is 0 Å². The Kier molecular flexibility index (Phi) is 4.42. The fraction of sp³-hybridized carbons (Fsp3) is 0.176. The van der Waals surface area contributed by atoms with Gasteiger partial charge in [-0.2, -0.15) is 4.80 Å². The number of carbonyl (C=O) groups excluding carboxylic acids is 1. The van der Waals surface area contributed by atoms with E-state index in [2.05, 4.69) is 27.5 Å². The molecule has 0 bridgehead atoms. The molecule has 0 atom stereocenters. The number of rotatable bonds is 6. The van der Waals surface area contributed by atoms with Crippen LogP contribution in [0.2, 0.25) is 0 Å². The molecule has 116 valence electrons. The summed E-state index contributed by atoms with van der Waals surface area (Å²) in [5.74, 6) is 0.0924. The van der Waals surface area contributed by atoms with Crippen LogP contribution in [-0.4, -0.2) is 26.1 Å². The van der Waals surface area contributed by atoms with Crippen molar-refractivity contribution in [3.8, 4) is 11.4 Å². The number of aryl methyl sites for hydroxylation is 2. The first-order chi connectivity index (χ1) is 11.2. The fourth-order valence-corrected chi connectivity index (χ4v) is 2.31. The van der Waals surface area contributed by atoms with Crippen LogP contribution in [0.15, 0.2) is 54.6 Å². The maximum absolute atomic E-state index is 11.1. The molecular formula is C17H17N5O. The third kappa shape index (κ3) is 3.79. The van der Waals surface area contributed by atoms with E-state index in [1.54, 1.807) is 29.1 Å². The summed E-state index contributed by atoms with van der Waals surface area (Å²) in [5, 5.41) is 12.5. The second-order valence-electron chi connectivity index (χ2n) is 5.24. The normalized spacial score (nSPS) is 10.6. The first-order valence-corrected chi connectivity index (χ1v) is 7.44.